The first-order valence-corrected chi connectivity index (χ1v) is 9.63. The van der Waals surface area contributed by atoms with Crippen molar-refractivity contribution in [3.63, 3.8) is 0 Å². The van der Waals surface area contributed by atoms with Gasteiger partial charge in [-0.1, -0.05) is 0 Å². The quantitative estimate of drug-likeness (QED) is 0.535. The summed E-state index contributed by atoms with van der Waals surface area (Å²) in [7, 11) is -4.32. The number of halogens is 2. The van der Waals surface area contributed by atoms with Gasteiger partial charge in [0.1, 0.15) is 11.6 Å². The van der Waals surface area contributed by atoms with E-state index in [1.807, 2.05) is 4.72 Å². The van der Waals surface area contributed by atoms with Crippen molar-refractivity contribution in [3.8, 4) is 0 Å². The number of nitrogens with one attached hydrogen (secondary N) is 2. The molecule has 1 amide bonds. The highest BCUT2D eigenvalue weighted by Crippen LogP contribution is 2.24. The number of aromatic carboxylic acids is 1. The lowest BCUT2D eigenvalue weighted by molar-refractivity contribution is -0.125. The fourth-order valence-corrected chi connectivity index (χ4v) is 3.14. The van der Waals surface area contributed by atoms with E-state index in [1.165, 1.54) is 26.0 Å². The van der Waals surface area contributed by atoms with Crippen LogP contribution in [-0.2, 0) is 14.8 Å². The molecule has 0 radical (unpaired) electrons. The van der Waals surface area contributed by atoms with Crippen molar-refractivity contribution in [1.82, 2.24) is 0 Å². The lowest BCUT2D eigenvalue weighted by atomic mass is 9.93. The van der Waals surface area contributed by atoms with E-state index in [1.54, 1.807) is 0 Å². The van der Waals surface area contributed by atoms with Crippen LogP contribution in [0.25, 0.3) is 0 Å². The third kappa shape index (κ3) is 5.06. The molecule has 0 aliphatic heterocycles. The van der Waals surface area contributed by atoms with Crippen molar-refractivity contribution < 1.29 is 37.0 Å². The SMILES string of the molecule is CC(C)(CO)C(=O)Nc1ccc(S(=O)(=O)Nc2cc(F)c(C(=O)O)cc2F)cc1. The number of benzene rings is 2. The van der Waals surface area contributed by atoms with Gasteiger partial charge in [0.25, 0.3) is 10.0 Å². The van der Waals surface area contributed by atoms with Crippen LogP contribution in [0.15, 0.2) is 41.3 Å². The van der Waals surface area contributed by atoms with Gasteiger partial charge in [-0.15, -0.1) is 0 Å². The number of carboxylic acids is 1. The lowest BCUT2D eigenvalue weighted by Crippen LogP contribution is -2.33. The Morgan fingerprint density at radius 1 is 1.07 bits per heavy atom. The third-order valence-corrected chi connectivity index (χ3v) is 5.35. The zero-order valence-electron chi connectivity index (χ0n) is 15.4. The van der Waals surface area contributed by atoms with Gasteiger partial charge in [-0.05, 0) is 44.2 Å². The van der Waals surface area contributed by atoms with E-state index in [2.05, 4.69) is 5.32 Å². The first-order chi connectivity index (χ1) is 13.4. The smallest absolute Gasteiger partial charge is 0.338 e. The molecule has 0 saturated carbocycles. The van der Waals surface area contributed by atoms with Crippen molar-refractivity contribution in [2.24, 2.45) is 5.41 Å². The molecule has 29 heavy (non-hydrogen) atoms. The maximum atomic E-state index is 14.0. The molecule has 4 N–H and O–H groups in total. The number of amides is 1. The number of aliphatic hydroxyl groups excluding tert-OH is 1. The largest absolute Gasteiger partial charge is 0.478 e. The van der Waals surface area contributed by atoms with Crippen molar-refractivity contribution in [2.45, 2.75) is 18.7 Å². The summed E-state index contributed by atoms with van der Waals surface area (Å²) in [4.78, 5) is 22.5. The number of anilines is 2. The van der Waals surface area contributed by atoms with Crippen molar-refractivity contribution >= 4 is 33.3 Å². The van der Waals surface area contributed by atoms with E-state index < -0.39 is 56.8 Å². The number of carbonyl (C=O) groups excluding carboxylic acids is 1. The van der Waals surface area contributed by atoms with Gasteiger partial charge < -0.3 is 15.5 Å². The molecule has 2 aromatic rings. The van der Waals surface area contributed by atoms with Gasteiger partial charge in [-0.3, -0.25) is 9.52 Å². The molecule has 0 unspecified atom stereocenters. The van der Waals surface area contributed by atoms with Gasteiger partial charge in [0.05, 0.1) is 28.2 Å². The molecule has 8 nitrogen and oxygen atoms in total. The molecule has 0 atom stereocenters. The van der Waals surface area contributed by atoms with Crippen LogP contribution >= 0.6 is 0 Å². The molecule has 0 saturated heterocycles. The summed E-state index contributed by atoms with van der Waals surface area (Å²) in [5.41, 5.74) is -2.47. The Bertz CT molecular complexity index is 1050. The van der Waals surface area contributed by atoms with Crippen LogP contribution in [0.3, 0.4) is 0 Å². The molecule has 0 heterocycles. The monoisotopic (exact) mass is 428 g/mol. The molecule has 2 rings (SSSR count). The van der Waals surface area contributed by atoms with Crippen molar-refractivity contribution in [1.29, 1.82) is 0 Å². The Labute approximate surface area is 165 Å². The molecular weight excluding hydrogens is 410 g/mol. The summed E-state index contributed by atoms with van der Waals surface area (Å²) in [6.07, 6.45) is 0. The first kappa shape index (κ1) is 22.2. The number of hydrogen-bond acceptors (Lipinski definition) is 5. The number of hydrogen-bond donors (Lipinski definition) is 4. The first-order valence-electron chi connectivity index (χ1n) is 8.15. The standard InChI is InChI=1S/C18H18F2N2O6S/c1-18(2,9-23)17(26)21-10-3-5-11(6-4-10)29(27,28)22-15-8-13(19)12(16(24)25)7-14(15)20/h3-8,22-23H,9H2,1-2H3,(H,21,26)(H,24,25). The predicted molar refractivity (Wildman–Crippen MR) is 100 cm³/mol. The van der Waals surface area contributed by atoms with Gasteiger partial charge in [0.2, 0.25) is 5.91 Å². The van der Waals surface area contributed by atoms with Crippen molar-refractivity contribution in [3.05, 3.63) is 53.6 Å². The Morgan fingerprint density at radius 3 is 2.17 bits per heavy atom. The number of carbonyl (C=O) groups is 2. The molecular formula is C18H18F2N2O6S. The molecule has 11 heteroatoms. The van der Waals surface area contributed by atoms with E-state index >= 15 is 0 Å². The van der Waals surface area contributed by atoms with Gasteiger partial charge in [-0.25, -0.2) is 22.0 Å². The highest BCUT2D eigenvalue weighted by Gasteiger charge is 2.27. The Balaban J connectivity index is 2.23. The predicted octanol–water partition coefficient (Wildman–Crippen LogP) is 2.42. The van der Waals surface area contributed by atoms with E-state index in [0.717, 1.165) is 12.1 Å². The van der Waals surface area contributed by atoms with Crippen LogP contribution in [-0.4, -0.2) is 37.1 Å². The van der Waals surface area contributed by atoms with Crippen LogP contribution in [0, 0.1) is 17.0 Å². The molecule has 0 spiro atoms. The average molecular weight is 428 g/mol. The molecule has 0 aromatic heterocycles. The molecule has 0 aliphatic rings. The molecule has 156 valence electrons. The normalized spacial score (nSPS) is 11.8. The third-order valence-electron chi connectivity index (χ3n) is 3.96. The molecule has 0 bridgehead atoms. The minimum Gasteiger partial charge on any atom is -0.478 e. The Morgan fingerprint density at radius 2 is 1.66 bits per heavy atom. The van der Waals surface area contributed by atoms with E-state index in [0.29, 0.717) is 12.1 Å². The van der Waals surface area contributed by atoms with E-state index in [4.69, 9.17) is 5.11 Å². The zero-order chi connectivity index (χ0) is 22.0. The molecule has 2 aromatic carbocycles. The summed E-state index contributed by atoms with van der Waals surface area (Å²) >= 11 is 0. The van der Waals surface area contributed by atoms with E-state index in [-0.39, 0.29) is 10.6 Å². The van der Waals surface area contributed by atoms with Crippen molar-refractivity contribution in [2.75, 3.05) is 16.6 Å². The summed E-state index contributed by atoms with van der Waals surface area (Å²) in [5, 5.41) is 20.5. The lowest BCUT2D eigenvalue weighted by Gasteiger charge is -2.20. The van der Waals surface area contributed by atoms with Gasteiger partial charge in [0, 0.05) is 11.8 Å². The maximum Gasteiger partial charge on any atom is 0.338 e. The summed E-state index contributed by atoms with van der Waals surface area (Å²) in [5.74, 6) is -4.74. The number of rotatable bonds is 7. The topological polar surface area (TPSA) is 133 Å². The van der Waals surface area contributed by atoms with E-state index in [9.17, 15) is 31.9 Å². The highest BCUT2D eigenvalue weighted by atomic mass is 32.2. The molecule has 0 aliphatic carbocycles. The fraction of sp³-hybridized carbons (Fsp3) is 0.222. The van der Waals surface area contributed by atoms with Crippen LogP contribution in [0.5, 0.6) is 0 Å². The van der Waals surface area contributed by atoms with Gasteiger partial charge >= 0.3 is 5.97 Å². The number of carboxylic acid groups (broad SMARTS) is 1. The fourth-order valence-electron chi connectivity index (χ4n) is 2.08. The van der Waals surface area contributed by atoms with Gasteiger partial charge in [0.15, 0.2) is 0 Å². The second-order valence-electron chi connectivity index (χ2n) is 6.74. The van der Waals surface area contributed by atoms with Crippen LogP contribution in [0.1, 0.15) is 24.2 Å². The number of sulfonamides is 1. The maximum absolute atomic E-state index is 14.0. The Hall–Kier alpha value is -3.05. The summed E-state index contributed by atoms with van der Waals surface area (Å²) < 4.78 is 54.3. The Kier molecular flexibility index (Phi) is 6.24. The minimum atomic E-state index is -4.32. The van der Waals surface area contributed by atoms with Crippen LogP contribution < -0.4 is 10.0 Å². The average Bonchev–Trinajstić information content (AvgIpc) is 2.64. The molecule has 0 fully saturated rings. The minimum absolute atomic E-state index is 0.263. The second kappa shape index (κ2) is 8.13. The highest BCUT2D eigenvalue weighted by molar-refractivity contribution is 7.92. The van der Waals surface area contributed by atoms with Crippen LogP contribution in [0.4, 0.5) is 20.2 Å². The summed E-state index contributed by atoms with van der Waals surface area (Å²) in [6.45, 7) is 2.65. The number of aliphatic hydroxyl groups is 1. The van der Waals surface area contributed by atoms with Gasteiger partial charge in [-0.2, -0.15) is 0 Å². The van der Waals surface area contributed by atoms with Crippen LogP contribution in [0.2, 0.25) is 0 Å². The zero-order valence-corrected chi connectivity index (χ0v) is 16.2. The second-order valence-corrected chi connectivity index (χ2v) is 8.43. The summed E-state index contributed by atoms with van der Waals surface area (Å²) in [6, 6.07) is 5.63.